The maximum absolute atomic E-state index is 6.13. The third kappa shape index (κ3) is 1.54. The van der Waals surface area contributed by atoms with E-state index >= 15 is 0 Å². The Bertz CT molecular complexity index is 317. The average Bonchev–Trinajstić information content (AvgIpc) is 2.60. The van der Waals surface area contributed by atoms with Gasteiger partial charge in [-0.2, -0.15) is 0 Å². The van der Waals surface area contributed by atoms with E-state index in [1.54, 1.807) is 0 Å². The van der Waals surface area contributed by atoms with Crippen molar-refractivity contribution in [2.75, 3.05) is 6.61 Å². The van der Waals surface area contributed by atoms with Gasteiger partial charge in [0, 0.05) is 6.61 Å². The molecule has 1 aliphatic heterocycles. The van der Waals surface area contributed by atoms with Crippen LogP contribution in [0, 0.1) is 22.7 Å². The number of hydrogen-bond acceptors (Lipinski definition) is 1. The van der Waals surface area contributed by atoms with Crippen LogP contribution in [0.3, 0.4) is 0 Å². The first-order valence-electron chi connectivity index (χ1n) is 7.52. The Morgan fingerprint density at radius 2 is 1.65 bits per heavy atom. The Kier molecular flexibility index (Phi) is 2.47. The quantitative estimate of drug-likeness (QED) is 0.605. The Morgan fingerprint density at radius 1 is 0.882 bits per heavy atom. The van der Waals surface area contributed by atoms with E-state index in [0.29, 0.717) is 10.8 Å². The van der Waals surface area contributed by atoms with Crippen molar-refractivity contribution in [2.24, 2.45) is 22.7 Å². The molecule has 0 aromatic carbocycles. The number of fused-ring (bicyclic) bond motifs is 3. The molecule has 0 unspecified atom stereocenters. The maximum atomic E-state index is 6.13. The Balaban J connectivity index is 1.98. The van der Waals surface area contributed by atoms with Gasteiger partial charge in [0.25, 0.3) is 0 Å². The lowest BCUT2D eigenvalue weighted by molar-refractivity contribution is -0.147. The van der Waals surface area contributed by atoms with Crippen LogP contribution in [-0.2, 0) is 4.74 Å². The zero-order valence-corrected chi connectivity index (χ0v) is 12.0. The number of rotatable bonds is 0. The van der Waals surface area contributed by atoms with E-state index in [4.69, 9.17) is 4.74 Å². The second-order valence-electron chi connectivity index (χ2n) is 7.94. The van der Waals surface area contributed by atoms with Crippen molar-refractivity contribution in [3.63, 3.8) is 0 Å². The van der Waals surface area contributed by atoms with Crippen LogP contribution < -0.4 is 0 Å². The standard InChI is InChI=1S/C16H28O/c1-14(2)8-5-9-15(3)12(14)6-10-16(4)13(15)7-11-17-16/h12-13H,5-11H2,1-4H3/t12-,13+,15-,16+/m0/s1. The molecule has 0 aromatic heterocycles. The molecule has 1 heteroatoms. The lowest BCUT2D eigenvalue weighted by Gasteiger charge is -2.60. The molecule has 3 rings (SSSR count). The molecule has 0 spiro atoms. The van der Waals surface area contributed by atoms with Gasteiger partial charge in [0.15, 0.2) is 0 Å². The van der Waals surface area contributed by atoms with Gasteiger partial charge < -0.3 is 4.74 Å². The molecule has 0 bridgehead atoms. The molecule has 4 atom stereocenters. The fourth-order valence-corrected chi connectivity index (χ4v) is 5.82. The maximum Gasteiger partial charge on any atom is 0.0688 e. The van der Waals surface area contributed by atoms with E-state index in [0.717, 1.165) is 18.4 Å². The van der Waals surface area contributed by atoms with E-state index in [1.165, 1.54) is 38.5 Å². The molecular weight excluding hydrogens is 208 g/mol. The topological polar surface area (TPSA) is 9.23 Å². The fraction of sp³-hybridized carbons (Fsp3) is 1.00. The Labute approximate surface area is 106 Å². The summed E-state index contributed by atoms with van der Waals surface area (Å²) in [5.74, 6) is 1.73. The molecule has 2 saturated carbocycles. The molecule has 0 radical (unpaired) electrons. The normalized spacial score (nSPS) is 52.9. The lowest BCUT2D eigenvalue weighted by atomic mass is 9.46. The summed E-state index contributed by atoms with van der Waals surface area (Å²) < 4.78 is 6.13. The SMILES string of the molecule is CC1(C)CCC[C@]2(C)[C@H]3CCO[C@]3(C)CC[C@@H]12. The minimum absolute atomic E-state index is 0.207. The smallest absolute Gasteiger partial charge is 0.0688 e. The molecule has 0 amide bonds. The van der Waals surface area contributed by atoms with Crippen LogP contribution in [0.4, 0.5) is 0 Å². The lowest BCUT2D eigenvalue weighted by Crippen LogP contribution is -2.55. The van der Waals surface area contributed by atoms with Crippen molar-refractivity contribution < 1.29 is 4.74 Å². The third-order valence-electron chi connectivity index (χ3n) is 6.58. The monoisotopic (exact) mass is 236 g/mol. The average molecular weight is 236 g/mol. The van der Waals surface area contributed by atoms with Crippen molar-refractivity contribution in [1.82, 2.24) is 0 Å². The summed E-state index contributed by atoms with van der Waals surface area (Å²) in [6.45, 7) is 11.0. The highest BCUT2D eigenvalue weighted by atomic mass is 16.5. The van der Waals surface area contributed by atoms with Gasteiger partial charge in [0.1, 0.15) is 0 Å². The highest BCUT2D eigenvalue weighted by molar-refractivity contribution is 5.09. The van der Waals surface area contributed by atoms with Gasteiger partial charge in [-0.05, 0) is 61.7 Å². The Hall–Kier alpha value is -0.0400. The molecule has 1 nitrogen and oxygen atoms in total. The van der Waals surface area contributed by atoms with Crippen LogP contribution in [0.5, 0.6) is 0 Å². The van der Waals surface area contributed by atoms with Gasteiger partial charge in [0.2, 0.25) is 0 Å². The second-order valence-corrected chi connectivity index (χ2v) is 7.94. The summed E-state index contributed by atoms with van der Waals surface area (Å²) in [6.07, 6.45) is 8.27. The van der Waals surface area contributed by atoms with Crippen molar-refractivity contribution in [3.8, 4) is 0 Å². The summed E-state index contributed by atoms with van der Waals surface area (Å²) in [5, 5.41) is 0. The van der Waals surface area contributed by atoms with Gasteiger partial charge in [-0.25, -0.2) is 0 Å². The van der Waals surface area contributed by atoms with E-state index in [-0.39, 0.29) is 5.60 Å². The first-order valence-corrected chi connectivity index (χ1v) is 7.52. The molecule has 1 saturated heterocycles. The highest BCUT2D eigenvalue weighted by Crippen LogP contribution is 2.64. The second kappa shape index (κ2) is 3.50. The van der Waals surface area contributed by atoms with Crippen molar-refractivity contribution in [1.29, 1.82) is 0 Å². The van der Waals surface area contributed by atoms with E-state index in [1.807, 2.05) is 0 Å². The van der Waals surface area contributed by atoms with Crippen molar-refractivity contribution >= 4 is 0 Å². The van der Waals surface area contributed by atoms with Crippen molar-refractivity contribution in [2.45, 2.75) is 71.8 Å². The highest BCUT2D eigenvalue weighted by Gasteiger charge is 2.60. The minimum atomic E-state index is 0.207. The van der Waals surface area contributed by atoms with Gasteiger partial charge in [-0.1, -0.05) is 27.2 Å². The third-order valence-corrected chi connectivity index (χ3v) is 6.58. The van der Waals surface area contributed by atoms with E-state index < -0.39 is 0 Å². The van der Waals surface area contributed by atoms with Gasteiger partial charge in [0.05, 0.1) is 5.60 Å². The molecular formula is C16H28O. The van der Waals surface area contributed by atoms with Crippen LogP contribution in [0.15, 0.2) is 0 Å². The van der Waals surface area contributed by atoms with E-state index in [2.05, 4.69) is 27.7 Å². The van der Waals surface area contributed by atoms with Crippen LogP contribution in [0.1, 0.15) is 66.2 Å². The van der Waals surface area contributed by atoms with Gasteiger partial charge in [-0.15, -0.1) is 0 Å². The molecule has 0 N–H and O–H groups in total. The molecule has 98 valence electrons. The molecule has 2 aliphatic carbocycles. The number of hydrogen-bond donors (Lipinski definition) is 0. The Morgan fingerprint density at radius 3 is 2.41 bits per heavy atom. The summed E-state index contributed by atoms with van der Waals surface area (Å²) >= 11 is 0. The van der Waals surface area contributed by atoms with Crippen LogP contribution >= 0.6 is 0 Å². The number of ether oxygens (including phenoxy) is 1. The first kappa shape index (κ1) is 12.0. The van der Waals surface area contributed by atoms with E-state index in [9.17, 15) is 0 Å². The molecule has 1 heterocycles. The summed E-state index contributed by atoms with van der Waals surface area (Å²) in [7, 11) is 0. The molecule has 3 fully saturated rings. The zero-order valence-electron chi connectivity index (χ0n) is 12.0. The van der Waals surface area contributed by atoms with Gasteiger partial charge >= 0.3 is 0 Å². The summed E-state index contributed by atoms with van der Waals surface area (Å²) in [4.78, 5) is 0. The summed E-state index contributed by atoms with van der Waals surface area (Å²) in [5.41, 5.74) is 1.31. The molecule has 17 heavy (non-hydrogen) atoms. The minimum Gasteiger partial charge on any atom is -0.375 e. The molecule has 0 aromatic rings. The van der Waals surface area contributed by atoms with Crippen LogP contribution in [0.25, 0.3) is 0 Å². The van der Waals surface area contributed by atoms with Crippen molar-refractivity contribution in [3.05, 3.63) is 0 Å². The molecule has 3 aliphatic rings. The van der Waals surface area contributed by atoms with Crippen LogP contribution in [0.2, 0.25) is 0 Å². The fourth-order valence-electron chi connectivity index (χ4n) is 5.82. The largest absolute Gasteiger partial charge is 0.375 e. The zero-order chi connectivity index (χ0) is 12.3. The van der Waals surface area contributed by atoms with Gasteiger partial charge in [-0.3, -0.25) is 0 Å². The first-order chi connectivity index (χ1) is 7.89. The predicted molar refractivity (Wildman–Crippen MR) is 70.9 cm³/mol. The van der Waals surface area contributed by atoms with Crippen LogP contribution in [-0.4, -0.2) is 12.2 Å². The summed E-state index contributed by atoms with van der Waals surface area (Å²) in [6, 6.07) is 0. The predicted octanol–water partition coefficient (Wildman–Crippen LogP) is 4.41.